The molecule has 35 heavy (non-hydrogen) atoms. The summed E-state index contributed by atoms with van der Waals surface area (Å²) in [5.74, 6) is 0.426. The van der Waals surface area contributed by atoms with E-state index >= 15 is 0 Å². The van der Waals surface area contributed by atoms with E-state index in [0.717, 1.165) is 34.0 Å². The Balaban J connectivity index is 0.000000263. The first-order valence-electron chi connectivity index (χ1n) is 10.2. The van der Waals surface area contributed by atoms with Gasteiger partial charge in [-0.1, -0.05) is 15.5 Å². The van der Waals surface area contributed by atoms with Crippen LogP contribution in [0.1, 0.15) is 38.9 Å². The largest absolute Gasteiger partial charge is 0.508 e. The highest BCUT2D eigenvalue weighted by atomic mass is 16.4. The van der Waals surface area contributed by atoms with E-state index < -0.39 is 0 Å². The van der Waals surface area contributed by atoms with Gasteiger partial charge in [-0.3, -0.25) is 0 Å². The lowest BCUT2D eigenvalue weighted by molar-refractivity contribution is 0.321. The number of rotatable bonds is 3. The highest BCUT2D eigenvalue weighted by molar-refractivity contribution is 5.84. The van der Waals surface area contributed by atoms with Gasteiger partial charge in [-0.05, 0) is 98.0 Å². The van der Waals surface area contributed by atoms with E-state index in [1.807, 2.05) is 20.8 Å². The van der Waals surface area contributed by atoms with Crippen molar-refractivity contribution in [2.24, 2.45) is 15.5 Å². The van der Waals surface area contributed by atoms with E-state index in [-0.39, 0.29) is 23.0 Å². The topological polar surface area (TPSA) is 179 Å². The molecule has 0 aliphatic rings. The van der Waals surface area contributed by atoms with Gasteiger partial charge in [-0.15, -0.1) is 0 Å². The van der Waals surface area contributed by atoms with Crippen molar-refractivity contribution < 1.29 is 36.0 Å². The van der Waals surface area contributed by atoms with Gasteiger partial charge in [0.05, 0.1) is 18.6 Å². The highest BCUT2D eigenvalue weighted by Gasteiger charge is 2.06. The van der Waals surface area contributed by atoms with Gasteiger partial charge in [0.2, 0.25) is 0 Å². The third-order valence-corrected chi connectivity index (χ3v) is 5.08. The van der Waals surface area contributed by atoms with E-state index in [1.54, 1.807) is 37.3 Å². The Kier molecular flexibility index (Phi) is 11.1. The Morgan fingerprint density at radius 3 is 1.54 bits per heavy atom. The minimum Gasteiger partial charge on any atom is -0.508 e. The van der Waals surface area contributed by atoms with Gasteiger partial charge in [0.15, 0.2) is 0 Å². The maximum atomic E-state index is 9.35. The molecule has 3 rings (SSSR count). The van der Waals surface area contributed by atoms with Crippen LogP contribution in [-0.4, -0.2) is 54.7 Å². The Bertz CT molecular complexity index is 1160. The standard InChI is InChI=1S/C9H11NO2.C8H9NO3.C8H9NO2/c1-6-7(2)9(11)4-3-8(6)5-10-12;1-5-7(10)3-2-6(4-9-12)8(5)11;1-6-4-8(10)3-2-7(6)5-9-11/h3-5,11-12H,1-2H3;2-4,10-12H,1H3;2-5,10-11H,1H3/b10-5-;9-4-;9-5-. The summed E-state index contributed by atoms with van der Waals surface area (Å²) in [5.41, 5.74) is 4.96. The number of aryl methyl sites for hydroxylation is 1. The van der Waals surface area contributed by atoms with E-state index in [9.17, 15) is 10.2 Å². The van der Waals surface area contributed by atoms with Crippen LogP contribution in [-0.2, 0) is 0 Å². The van der Waals surface area contributed by atoms with E-state index in [0.29, 0.717) is 11.1 Å². The fourth-order valence-electron chi connectivity index (χ4n) is 2.77. The lowest BCUT2D eigenvalue weighted by atomic mass is 10.0. The van der Waals surface area contributed by atoms with E-state index in [4.69, 9.17) is 25.8 Å². The van der Waals surface area contributed by atoms with Crippen LogP contribution in [0.4, 0.5) is 0 Å². The van der Waals surface area contributed by atoms with Crippen LogP contribution >= 0.6 is 0 Å². The molecule has 0 fully saturated rings. The first-order valence-corrected chi connectivity index (χ1v) is 10.2. The number of hydrogen-bond donors (Lipinski definition) is 7. The Hall–Kier alpha value is -4.73. The van der Waals surface area contributed by atoms with Crippen molar-refractivity contribution >= 4 is 18.6 Å². The molecule has 3 aromatic rings. The molecule has 0 spiro atoms. The van der Waals surface area contributed by atoms with Crippen molar-refractivity contribution in [3.8, 4) is 23.0 Å². The van der Waals surface area contributed by atoms with Crippen molar-refractivity contribution in [3.05, 3.63) is 81.4 Å². The van der Waals surface area contributed by atoms with Crippen LogP contribution in [0.2, 0.25) is 0 Å². The maximum Gasteiger partial charge on any atom is 0.131 e. The van der Waals surface area contributed by atoms with Crippen molar-refractivity contribution in [2.75, 3.05) is 0 Å². The minimum absolute atomic E-state index is 0.0163. The zero-order valence-corrected chi connectivity index (χ0v) is 19.7. The number of phenols is 4. The highest BCUT2D eigenvalue weighted by Crippen LogP contribution is 2.28. The molecule has 0 atom stereocenters. The van der Waals surface area contributed by atoms with Crippen LogP contribution in [0.15, 0.2) is 57.9 Å². The Morgan fingerprint density at radius 1 is 0.543 bits per heavy atom. The molecule has 10 nitrogen and oxygen atoms in total. The first-order chi connectivity index (χ1) is 16.6. The molecule has 7 N–H and O–H groups in total. The zero-order chi connectivity index (χ0) is 26.5. The minimum atomic E-state index is -0.0761. The molecule has 0 aliphatic heterocycles. The molecule has 0 saturated heterocycles. The molecule has 0 aromatic heterocycles. The molecule has 0 bridgehead atoms. The monoisotopic (exact) mass is 483 g/mol. The second-order valence-electron chi connectivity index (χ2n) is 7.35. The number of hydrogen-bond acceptors (Lipinski definition) is 10. The molecule has 0 aliphatic carbocycles. The molecule has 0 unspecified atom stereocenters. The van der Waals surface area contributed by atoms with Crippen molar-refractivity contribution in [1.82, 2.24) is 0 Å². The fourth-order valence-corrected chi connectivity index (χ4v) is 2.77. The summed E-state index contributed by atoms with van der Waals surface area (Å²) >= 11 is 0. The van der Waals surface area contributed by atoms with Crippen LogP contribution < -0.4 is 0 Å². The van der Waals surface area contributed by atoms with Crippen molar-refractivity contribution in [3.63, 3.8) is 0 Å². The van der Waals surface area contributed by atoms with E-state index in [1.165, 1.54) is 24.6 Å². The quantitative estimate of drug-likeness (QED) is 0.162. The molecular formula is C25H29N3O7. The molecular weight excluding hydrogens is 454 g/mol. The van der Waals surface area contributed by atoms with Gasteiger partial charge in [-0.2, -0.15) is 0 Å². The molecule has 0 saturated carbocycles. The maximum absolute atomic E-state index is 9.35. The predicted octanol–water partition coefficient (Wildman–Crippen LogP) is 4.54. The van der Waals surface area contributed by atoms with Gasteiger partial charge in [0, 0.05) is 11.1 Å². The van der Waals surface area contributed by atoms with Crippen LogP contribution in [0.25, 0.3) is 0 Å². The number of phenolic OH excluding ortho intramolecular Hbond substituents is 4. The van der Waals surface area contributed by atoms with Gasteiger partial charge in [0.25, 0.3) is 0 Å². The molecule has 10 heteroatoms. The average Bonchev–Trinajstić information content (AvgIpc) is 2.83. The summed E-state index contributed by atoms with van der Waals surface area (Å²) < 4.78 is 0. The van der Waals surface area contributed by atoms with Crippen molar-refractivity contribution in [2.45, 2.75) is 27.7 Å². The number of oxime groups is 3. The summed E-state index contributed by atoms with van der Waals surface area (Å²) in [4.78, 5) is 0. The van der Waals surface area contributed by atoms with Gasteiger partial charge >= 0.3 is 0 Å². The Labute approximate surface area is 202 Å². The summed E-state index contributed by atoms with van der Waals surface area (Å²) in [6, 6.07) is 11.0. The second kappa shape index (κ2) is 13.7. The van der Waals surface area contributed by atoms with Crippen molar-refractivity contribution in [1.29, 1.82) is 0 Å². The SMILES string of the molecule is Cc1c(O)ccc(/C=N\O)c1C.Cc1c(O)ccc(/C=N\O)c1O.Cc1cc(O)ccc1/C=N\O. The first kappa shape index (κ1) is 28.3. The third kappa shape index (κ3) is 8.28. The Morgan fingerprint density at radius 2 is 1.00 bits per heavy atom. The molecule has 3 aromatic carbocycles. The number of benzene rings is 3. The summed E-state index contributed by atoms with van der Waals surface area (Å²) in [5, 5.41) is 70.1. The second-order valence-corrected chi connectivity index (χ2v) is 7.35. The number of aromatic hydroxyl groups is 4. The third-order valence-electron chi connectivity index (χ3n) is 5.08. The normalized spacial score (nSPS) is 10.7. The molecule has 0 radical (unpaired) electrons. The lowest BCUT2D eigenvalue weighted by Gasteiger charge is -2.05. The smallest absolute Gasteiger partial charge is 0.131 e. The fraction of sp³-hybridized carbons (Fsp3) is 0.160. The summed E-state index contributed by atoms with van der Waals surface area (Å²) in [6.07, 6.45) is 3.78. The average molecular weight is 484 g/mol. The van der Waals surface area contributed by atoms with E-state index in [2.05, 4.69) is 15.5 Å². The molecule has 0 amide bonds. The number of nitrogens with zero attached hydrogens (tertiary/aromatic N) is 3. The van der Waals surface area contributed by atoms with Crippen LogP contribution in [0, 0.1) is 27.7 Å². The lowest BCUT2D eigenvalue weighted by Crippen LogP contribution is -1.90. The van der Waals surface area contributed by atoms with Crippen LogP contribution in [0.3, 0.4) is 0 Å². The van der Waals surface area contributed by atoms with Crippen LogP contribution in [0.5, 0.6) is 23.0 Å². The predicted molar refractivity (Wildman–Crippen MR) is 133 cm³/mol. The van der Waals surface area contributed by atoms with Gasteiger partial charge in [0.1, 0.15) is 23.0 Å². The van der Waals surface area contributed by atoms with Gasteiger partial charge < -0.3 is 36.0 Å². The zero-order valence-electron chi connectivity index (χ0n) is 19.7. The molecule has 0 heterocycles. The molecule has 186 valence electrons. The summed E-state index contributed by atoms with van der Waals surface area (Å²) in [6.45, 7) is 7.08. The summed E-state index contributed by atoms with van der Waals surface area (Å²) in [7, 11) is 0. The van der Waals surface area contributed by atoms with Gasteiger partial charge in [-0.25, -0.2) is 0 Å².